The van der Waals surface area contributed by atoms with Crippen molar-refractivity contribution in [3.05, 3.63) is 53.4 Å². The molecule has 1 aromatic heterocycles. The fraction of sp³-hybridized carbons (Fsp3) is 0.158. The molecule has 0 aliphatic rings. The molecule has 6 nitrogen and oxygen atoms in total. The molecule has 7 heteroatoms. The lowest BCUT2D eigenvalue weighted by Gasteiger charge is -2.09. The van der Waals surface area contributed by atoms with Gasteiger partial charge in [0.05, 0.1) is 19.9 Å². The second-order valence-corrected chi connectivity index (χ2v) is 6.36. The first-order chi connectivity index (χ1) is 12.6. The summed E-state index contributed by atoms with van der Waals surface area (Å²) >= 11 is 1.35. The summed E-state index contributed by atoms with van der Waals surface area (Å²) in [5, 5.41) is 7.95. The van der Waals surface area contributed by atoms with Crippen LogP contribution in [0.1, 0.15) is 5.56 Å². The zero-order valence-corrected chi connectivity index (χ0v) is 15.5. The Bertz CT molecular complexity index is 924. The number of anilines is 2. The van der Waals surface area contributed by atoms with Crippen LogP contribution in [0.4, 0.5) is 15.6 Å². The molecular weight excluding hydrogens is 350 g/mol. The molecule has 0 spiro atoms. The number of carbonyl (C=O) groups is 1. The van der Waals surface area contributed by atoms with E-state index in [-0.39, 0.29) is 6.03 Å². The van der Waals surface area contributed by atoms with Gasteiger partial charge in [-0.1, -0.05) is 18.2 Å². The number of methoxy groups -OCH3 is 2. The van der Waals surface area contributed by atoms with E-state index < -0.39 is 0 Å². The molecule has 1 heterocycles. The Balaban J connectivity index is 1.74. The molecule has 3 aromatic rings. The highest BCUT2D eigenvalue weighted by atomic mass is 32.1. The number of aromatic nitrogens is 1. The molecule has 0 aliphatic heterocycles. The quantitative estimate of drug-likeness (QED) is 0.679. The van der Waals surface area contributed by atoms with Crippen LogP contribution >= 0.6 is 11.3 Å². The number of nitrogens with one attached hydrogen (secondary N) is 2. The van der Waals surface area contributed by atoms with Gasteiger partial charge in [0.1, 0.15) is 11.5 Å². The van der Waals surface area contributed by atoms with E-state index in [2.05, 4.69) is 15.6 Å². The molecule has 0 radical (unpaired) electrons. The Morgan fingerprint density at radius 3 is 2.62 bits per heavy atom. The smallest absolute Gasteiger partial charge is 0.325 e. The fourth-order valence-electron chi connectivity index (χ4n) is 2.43. The second-order valence-electron chi connectivity index (χ2n) is 5.50. The van der Waals surface area contributed by atoms with Gasteiger partial charge in [-0.2, -0.15) is 0 Å². The van der Waals surface area contributed by atoms with Crippen LogP contribution in [-0.4, -0.2) is 25.2 Å². The first-order valence-corrected chi connectivity index (χ1v) is 8.80. The van der Waals surface area contributed by atoms with Crippen LogP contribution in [0, 0.1) is 6.92 Å². The van der Waals surface area contributed by atoms with Crippen molar-refractivity contribution in [3.8, 4) is 22.8 Å². The molecule has 0 unspecified atom stereocenters. The zero-order valence-electron chi connectivity index (χ0n) is 14.7. The van der Waals surface area contributed by atoms with E-state index in [1.165, 1.54) is 11.3 Å². The second kappa shape index (κ2) is 7.88. The summed E-state index contributed by atoms with van der Waals surface area (Å²) in [6.45, 7) is 1.94. The number of nitrogens with zero attached hydrogens (tertiary/aromatic N) is 1. The number of hydrogen-bond donors (Lipinski definition) is 2. The summed E-state index contributed by atoms with van der Waals surface area (Å²) in [6, 6.07) is 12.8. The van der Waals surface area contributed by atoms with Gasteiger partial charge in [-0.3, -0.25) is 5.32 Å². The maximum absolute atomic E-state index is 12.2. The molecule has 0 fully saturated rings. The van der Waals surface area contributed by atoms with Gasteiger partial charge < -0.3 is 14.8 Å². The van der Waals surface area contributed by atoms with Crippen LogP contribution in [0.2, 0.25) is 0 Å². The molecule has 2 aromatic carbocycles. The minimum atomic E-state index is -0.332. The Kier molecular flexibility index (Phi) is 5.38. The van der Waals surface area contributed by atoms with E-state index in [1.54, 1.807) is 20.3 Å². The first kappa shape index (κ1) is 17.8. The summed E-state index contributed by atoms with van der Waals surface area (Å²) in [5.41, 5.74) is 3.31. The maximum atomic E-state index is 12.2. The highest BCUT2D eigenvalue weighted by Gasteiger charge is 2.13. The third-order valence-corrected chi connectivity index (χ3v) is 4.56. The average Bonchev–Trinajstić information content (AvgIpc) is 3.11. The predicted molar refractivity (Wildman–Crippen MR) is 104 cm³/mol. The number of aryl methyl sites for hydroxylation is 1. The van der Waals surface area contributed by atoms with Gasteiger partial charge in [-0.25, -0.2) is 9.78 Å². The molecule has 0 saturated carbocycles. The number of hydrogen-bond acceptors (Lipinski definition) is 5. The van der Waals surface area contributed by atoms with E-state index in [9.17, 15) is 4.79 Å². The Hall–Kier alpha value is -3.06. The van der Waals surface area contributed by atoms with Crippen molar-refractivity contribution in [1.82, 2.24) is 4.98 Å². The van der Waals surface area contributed by atoms with Crippen LogP contribution in [0.5, 0.6) is 11.5 Å². The molecule has 0 saturated heterocycles. The molecule has 2 amide bonds. The highest BCUT2D eigenvalue weighted by Crippen LogP contribution is 2.34. The number of urea groups is 1. The summed E-state index contributed by atoms with van der Waals surface area (Å²) in [5.74, 6) is 1.36. The third kappa shape index (κ3) is 3.94. The zero-order chi connectivity index (χ0) is 18.5. The highest BCUT2D eigenvalue weighted by molar-refractivity contribution is 7.14. The van der Waals surface area contributed by atoms with E-state index in [0.29, 0.717) is 16.6 Å². The molecule has 0 bridgehead atoms. The summed E-state index contributed by atoms with van der Waals surface area (Å²) < 4.78 is 10.6. The standard InChI is InChI=1S/C19H19N3O3S/c1-12-6-4-5-7-15(12)20-18(23)22-19-21-16(11-26-19)14-9-8-13(24-2)10-17(14)25-3/h4-11H,1-3H3,(H2,20,21,22,23). The van der Waals surface area contributed by atoms with Crippen molar-refractivity contribution < 1.29 is 14.3 Å². The molecule has 134 valence electrons. The number of para-hydroxylation sites is 1. The first-order valence-electron chi connectivity index (χ1n) is 7.92. The van der Waals surface area contributed by atoms with Crippen molar-refractivity contribution >= 4 is 28.2 Å². The summed E-state index contributed by atoms with van der Waals surface area (Å²) in [6.07, 6.45) is 0. The van der Waals surface area contributed by atoms with E-state index >= 15 is 0 Å². The van der Waals surface area contributed by atoms with Gasteiger partial charge in [-0.05, 0) is 30.7 Å². The number of rotatable bonds is 5. The normalized spacial score (nSPS) is 10.3. The Morgan fingerprint density at radius 2 is 1.88 bits per heavy atom. The van der Waals surface area contributed by atoms with Crippen LogP contribution < -0.4 is 20.1 Å². The van der Waals surface area contributed by atoms with Gasteiger partial charge in [0, 0.05) is 22.7 Å². The molecule has 3 rings (SSSR count). The molecule has 2 N–H and O–H groups in total. The lowest BCUT2D eigenvalue weighted by molar-refractivity contribution is 0.262. The van der Waals surface area contributed by atoms with Crippen LogP contribution in [-0.2, 0) is 0 Å². The Morgan fingerprint density at radius 1 is 1.08 bits per heavy atom. The third-order valence-electron chi connectivity index (χ3n) is 3.80. The minimum absolute atomic E-state index is 0.332. The molecule has 0 aliphatic carbocycles. The maximum Gasteiger partial charge on any atom is 0.325 e. The van der Waals surface area contributed by atoms with Gasteiger partial charge in [0.15, 0.2) is 5.13 Å². The van der Waals surface area contributed by atoms with Crippen LogP contribution in [0.25, 0.3) is 11.3 Å². The Labute approximate surface area is 155 Å². The molecule has 0 atom stereocenters. The number of benzene rings is 2. The minimum Gasteiger partial charge on any atom is -0.497 e. The van der Waals surface area contributed by atoms with Gasteiger partial charge in [-0.15, -0.1) is 11.3 Å². The van der Waals surface area contributed by atoms with Crippen molar-refractivity contribution in [1.29, 1.82) is 0 Å². The number of ether oxygens (including phenoxy) is 2. The number of thiazole rings is 1. The predicted octanol–water partition coefficient (Wildman–Crippen LogP) is 4.78. The average molecular weight is 369 g/mol. The van der Waals surface area contributed by atoms with Crippen LogP contribution in [0.3, 0.4) is 0 Å². The largest absolute Gasteiger partial charge is 0.497 e. The van der Waals surface area contributed by atoms with Crippen molar-refractivity contribution in [2.45, 2.75) is 6.92 Å². The van der Waals surface area contributed by atoms with Crippen LogP contribution in [0.15, 0.2) is 47.8 Å². The van der Waals surface area contributed by atoms with E-state index in [1.807, 2.05) is 48.7 Å². The number of carbonyl (C=O) groups excluding carboxylic acids is 1. The number of amides is 2. The lowest BCUT2D eigenvalue weighted by atomic mass is 10.1. The van der Waals surface area contributed by atoms with E-state index in [4.69, 9.17) is 9.47 Å². The molecule has 26 heavy (non-hydrogen) atoms. The summed E-state index contributed by atoms with van der Waals surface area (Å²) in [4.78, 5) is 16.7. The van der Waals surface area contributed by atoms with Crippen molar-refractivity contribution in [2.24, 2.45) is 0 Å². The van der Waals surface area contributed by atoms with Crippen molar-refractivity contribution in [2.75, 3.05) is 24.9 Å². The summed E-state index contributed by atoms with van der Waals surface area (Å²) in [7, 11) is 3.20. The lowest BCUT2D eigenvalue weighted by Crippen LogP contribution is -2.19. The molecular formula is C19H19N3O3S. The van der Waals surface area contributed by atoms with Gasteiger partial charge >= 0.3 is 6.03 Å². The monoisotopic (exact) mass is 369 g/mol. The van der Waals surface area contributed by atoms with Crippen molar-refractivity contribution in [3.63, 3.8) is 0 Å². The SMILES string of the molecule is COc1ccc(-c2csc(NC(=O)Nc3ccccc3C)n2)c(OC)c1. The van der Waals surface area contributed by atoms with Gasteiger partial charge in [0.25, 0.3) is 0 Å². The van der Waals surface area contributed by atoms with E-state index in [0.717, 1.165) is 22.5 Å². The topological polar surface area (TPSA) is 72.5 Å². The fourth-order valence-corrected chi connectivity index (χ4v) is 3.13. The van der Waals surface area contributed by atoms with Gasteiger partial charge in [0.2, 0.25) is 0 Å².